The summed E-state index contributed by atoms with van der Waals surface area (Å²) in [5.74, 6) is -0.823. The van der Waals surface area contributed by atoms with Gasteiger partial charge in [-0.15, -0.1) is 11.3 Å². The van der Waals surface area contributed by atoms with Crippen molar-refractivity contribution in [3.05, 3.63) is 16.8 Å². The number of thioether (sulfide) groups is 1. The van der Waals surface area contributed by atoms with E-state index in [0.717, 1.165) is 28.1 Å². The molecule has 1 aliphatic rings. The van der Waals surface area contributed by atoms with Gasteiger partial charge in [0.2, 0.25) is 0 Å². The van der Waals surface area contributed by atoms with Gasteiger partial charge >= 0.3 is 5.97 Å². The van der Waals surface area contributed by atoms with Crippen LogP contribution < -0.4 is 0 Å². The van der Waals surface area contributed by atoms with Crippen molar-refractivity contribution < 1.29 is 9.90 Å². The van der Waals surface area contributed by atoms with E-state index in [1.54, 1.807) is 25.2 Å². The largest absolute Gasteiger partial charge is 0.480 e. The maximum atomic E-state index is 11.3. The third kappa shape index (κ3) is 2.12. The first kappa shape index (κ1) is 12.9. The Hall–Kier alpha value is -1.14. The summed E-state index contributed by atoms with van der Waals surface area (Å²) in [6, 6.07) is 0. The first-order chi connectivity index (χ1) is 8.99. The predicted octanol–water partition coefficient (Wildman–Crippen LogP) is 3.14. The molecule has 3 rings (SSSR count). The normalized spacial score (nSPS) is 14.8. The van der Waals surface area contributed by atoms with Gasteiger partial charge in [-0.1, -0.05) is 11.8 Å². The Morgan fingerprint density at radius 1 is 1.42 bits per heavy atom. The van der Waals surface area contributed by atoms with Crippen molar-refractivity contribution >= 4 is 39.3 Å². The lowest BCUT2D eigenvalue weighted by Crippen LogP contribution is -2.27. The molecule has 0 radical (unpaired) electrons. The number of carbonyl (C=O) groups is 1. The van der Waals surface area contributed by atoms with E-state index in [9.17, 15) is 9.90 Å². The molecule has 0 saturated heterocycles. The molecule has 2 aromatic heterocycles. The molecule has 2 aromatic rings. The molecular formula is C13H14N2O2S2. The van der Waals surface area contributed by atoms with E-state index in [0.29, 0.717) is 0 Å². The van der Waals surface area contributed by atoms with E-state index in [-0.39, 0.29) is 0 Å². The van der Waals surface area contributed by atoms with Crippen molar-refractivity contribution in [1.82, 2.24) is 9.97 Å². The van der Waals surface area contributed by atoms with Gasteiger partial charge in [0.25, 0.3) is 0 Å². The topological polar surface area (TPSA) is 63.1 Å². The van der Waals surface area contributed by atoms with Crippen LogP contribution in [0.15, 0.2) is 11.4 Å². The summed E-state index contributed by atoms with van der Waals surface area (Å²) in [5, 5.41) is 11.1. The summed E-state index contributed by atoms with van der Waals surface area (Å²) in [5.41, 5.74) is 1.34. The van der Waals surface area contributed by atoms with Crippen LogP contribution in [0.3, 0.4) is 0 Å². The molecule has 0 unspecified atom stereocenters. The maximum Gasteiger partial charge on any atom is 0.319 e. The van der Waals surface area contributed by atoms with Crippen molar-refractivity contribution in [3.8, 4) is 0 Å². The Labute approximate surface area is 119 Å². The molecule has 0 amide bonds. The Kier molecular flexibility index (Phi) is 3.02. The molecule has 2 heterocycles. The number of hydrogen-bond donors (Lipinski definition) is 1. The van der Waals surface area contributed by atoms with Gasteiger partial charge in [-0.05, 0) is 38.7 Å². The molecule has 0 fully saturated rings. The molecule has 1 N–H and O–H groups in total. The zero-order valence-corrected chi connectivity index (χ0v) is 12.4. The molecular weight excluding hydrogens is 280 g/mol. The van der Waals surface area contributed by atoms with Crippen LogP contribution in [0.1, 0.15) is 30.7 Å². The molecule has 100 valence electrons. The van der Waals surface area contributed by atoms with Crippen LogP contribution in [0.5, 0.6) is 0 Å². The second-order valence-corrected chi connectivity index (χ2v) is 7.83. The Morgan fingerprint density at radius 2 is 2.21 bits per heavy atom. The van der Waals surface area contributed by atoms with Gasteiger partial charge in [0.15, 0.2) is 0 Å². The van der Waals surface area contributed by atoms with Gasteiger partial charge in [-0.2, -0.15) is 0 Å². The molecule has 4 nitrogen and oxygen atoms in total. The molecule has 6 heteroatoms. The van der Waals surface area contributed by atoms with Gasteiger partial charge in [0.1, 0.15) is 20.9 Å². The number of fused-ring (bicyclic) bond motifs is 3. The molecule has 0 atom stereocenters. The lowest BCUT2D eigenvalue weighted by Gasteiger charge is -2.18. The monoisotopic (exact) mass is 294 g/mol. The number of hydrogen-bond acceptors (Lipinski definition) is 5. The van der Waals surface area contributed by atoms with Crippen LogP contribution in [-0.2, 0) is 17.6 Å². The molecule has 1 aliphatic carbocycles. The predicted molar refractivity (Wildman–Crippen MR) is 77.0 cm³/mol. The fraction of sp³-hybridized carbons (Fsp3) is 0.462. The van der Waals surface area contributed by atoms with Crippen molar-refractivity contribution in [2.75, 3.05) is 0 Å². The quantitative estimate of drug-likeness (QED) is 0.696. The van der Waals surface area contributed by atoms with Crippen LogP contribution in [0.2, 0.25) is 0 Å². The number of aryl methyl sites for hydroxylation is 2. The molecule has 0 saturated carbocycles. The van der Waals surface area contributed by atoms with Gasteiger partial charge in [0.05, 0.1) is 0 Å². The van der Waals surface area contributed by atoms with Crippen LogP contribution in [0.4, 0.5) is 0 Å². The number of thiophene rings is 1. The Balaban J connectivity index is 2.11. The van der Waals surface area contributed by atoms with Crippen molar-refractivity contribution in [1.29, 1.82) is 0 Å². The van der Waals surface area contributed by atoms with E-state index in [1.807, 2.05) is 0 Å². The first-order valence-electron chi connectivity index (χ1n) is 6.16. The average Bonchev–Trinajstić information content (AvgIpc) is 2.87. The zero-order valence-electron chi connectivity index (χ0n) is 10.8. The SMILES string of the molecule is CC(C)(Sc1ncnc2sc3c(c12)CCC3)C(=O)O. The van der Waals surface area contributed by atoms with E-state index < -0.39 is 10.7 Å². The summed E-state index contributed by atoms with van der Waals surface area (Å²) >= 11 is 3.03. The molecule has 0 spiro atoms. The highest BCUT2D eigenvalue weighted by atomic mass is 32.2. The van der Waals surface area contributed by atoms with Crippen LogP contribution in [-0.4, -0.2) is 25.8 Å². The minimum absolute atomic E-state index is 0.803. The number of aromatic nitrogens is 2. The number of aliphatic carboxylic acids is 1. The van der Waals surface area contributed by atoms with Gasteiger partial charge in [-0.25, -0.2) is 9.97 Å². The number of rotatable bonds is 3. The molecule has 19 heavy (non-hydrogen) atoms. The van der Waals surface area contributed by atoms with E-state index in [1.165, 1.54) is 35.0 Å². The highest BCUT2D eigenvalue weighted by molar-refractivity contribution is 8.01. The minimum Gasteiger partial charge on any atom is -0.480 e. The Bertz CT molecular complexity index is 664. The zero-order chi connectivity index (χ0) is 13.6. The molecule has 0 aromatic carbocycles. The number of nitrogens with zero attached hydrogens (tertiary/aromatic N) is 2. The van der Waals surface area contributed by atoms with Crippen LogP contribution in [0, 0.1) is 0 Å². The fourth-order valence-electron chi connectivity index (χ4n) is 2.26. The minimum atomic E-state index is -0.880. The highest BCUT2D eigenvalue weighted by Gasteiger charge is 2.31. The second kappa shape index (κ2) is 4.45. The van der Waals surface area contributed by atoms with Gasteiger partial charge < -0.3 is 5.11 Å². The van der Waals surface area contributed by atoms with Gasteiger partial charge in [0, 0.05) is 10.3 Å². The lowest BCUT2D eigenvalue weighted by atomic mass is 10.2. The number of carboxylic acids is 1. The first-order valence-corrected chi connectivity index (χ1v) is 7.80. The standard InChI is InChI=1S/C13H14N2O2S2/c1-13(2,12(16)17)19-11-9-7-4-3-5-8(7)18-10(9)14-6-15-11/h6H,3-5H2,1-2H3,(H,16,17). The average molecular weight is 294 g/mol. The lowest BCUT2D eigenvalue weighted by molar-refractivity contribution is -0.138. The number of carboxylic acid groups (broad SMARTS) is 1. The fourth-order valence-corrected chi connectivity index (χ4v) is 4.55. The summed E-state index contributed by atoms with van der Waals surface area (Å²) < 4.78 is -0.880. The molecule has 0 aliphatic heterocycles. The summed E-state index contributed by atoms with van der Waals surface area (Å²) in [6.07, 6.45) is 4.89. The summed E-state index contributed by atoms with van der Waals surface area (Å²) in [7, 11) is 0. The van der Waals surface area contributed by atoms with Crippen molar-refractivity contribution in [2.24, 2.45) is 0 Å². The maximum absolute atomic E-state index is 11.3. The van der Waals surface area contributed by atoms with Crippen LogP contribution in [0.25, 0.3) is 10.2 Å². The van der Waals surface area contributed by atoms with Crippen molar-refractivity contribution in [2.45, 2.75) is 42.9 Å². The summed E-state index contributed by atoms with van der Waals surface area (Å²) in [4.78, 5) is 22.3. The van der Waals surface area contributed by atoms with Crippen LogP contribution >= 0.6 is 23.1 Å². The smallest absolute Gasteiger partial charge is 0.319 e. The summed E-state index contributed by atoms with van der Waals surface area (Å²) in [6.45, 7) is 3.42. The highest BCUT2D eigenvalue weighted by Crippen LogP contribution is 2.42. The van der Waals surface area contributed by atoms with Crippen molar-refractivity contribution in [3.63, 3.8) is 0 Å². The van der Waals surface area contributed by atoms with E-state index in [2.05, 4.69) is 9.97 Å². The second-order valence-electron chi connectivity index (χ2n) is 5.13. The third-order valence-corrected chi connectivity index (χ3v) is 5.72. The van der Waals surface area contributed by atoms with E-state index >= 15 is 0 Å². The third-order valence-electron chi connectivity index (χ3n) is 3.33. The molecule has 0 bridgehead atoms. The Morgan fingerprint density at radius 3 is 2.95 bits per heavy atom. The van der Waals surface area contributed by atoms with E-state index in [4.69, 9.17) is 0 Å². The van der Waals surface area contributed by atoms with Gasteiger partial charge in [-0.3, -0.25) is 4.79 Å².